The van der Waals surface area contributed by atoms with Gasteiger partial charge in [-0.3, -0.25) is 4.79 Å². The van der Waals surface area contributed by atoms with Crippen LogP contribution in [0.15, 0.2) is 18.2 Å². The summed E-state index contributed by atoms with van der Waals surface area (Å²) in [6.45, 7) is 4.71. The first-order chi connectivity index (χ1) is 13.5. The summed E-state index contributed by atoms with van der Waals surface area (Å²) in [6.07, 6.45) is 0.0317. The second-order valence-corrected chi connectivity index (χ2v) is 9.59. The van der Waals surface area contributed by atoms with Crippen LogP contribution in [0.4, 0.5) is 13.2 Å². The standard InChI is InChI=1S/C22H28F3NO3/c1-14-3-4-17(9-18(14)22(23,24)25)29-16-5-7-21(8-6-16)12-26(13-21)19(27)15-10-20(2,28)11-15/h3-4,9,15-16,28H,5-8,10-13H2,1-2H3. The van der Waals surface area contributed by atoms with Crippen LogP contribution in [-0.4, -0.2) is 40.7 Å². The molecule has 1 aliphatic heterocycles. The van der Waals surface area contributed by atoms with Gasteiger partial charge in [-0.15, -0.1) is 0 Å². The Morgan fingerprint density at radius 3 is 2.38 bits per heavy atom. The van der Waals surface area contributed by atoms with Crippen molar-refractivity contribution in [3.05, 3.63) is 29.3 Å². The van der Waals surface area contributed by atoms with Crippen LogP contribution in [0.3, 0.4) is 0 Å². The number of aliphatic hydroxyl groups is 1. The minimum absolute atomic E-state index is 0.0496. The zero-order valence-electron chi connectivity index (χ0n) is 16.9. The predicted octanol–water partition coefficient (Wildman–Crippen LogP) is 4.32. The molecule has 1 amide bonds. The van der Waals surface area contributed by atoms with Gasteiger partial charge in [0.05, 0.1) is 17.3 Å². The molecular formula is C22H28F3NO3. The molecule has 3 fully saturated rings. The molecule has 1 aromatic rings. The highest BCUT2D eigenvalue weighted by molar-refractivity contribution is 5.81. The highest BCUT2D eigenvalue weighted by Crippen LogP contribution is 2.47. The van der Waals surface area contributed by atoms with Gasteiger partial charge in [-0.25, -0.2) is 0 Å². The van der Waals surface area contributed by atoms with Crippen molar-refractivity contribution in [1.29, 1.82) is 0 Å². The van der Waals surface area contributed by atoms with Gasteiger partial charge in [-0.05, 0) is 70.1 Å². The monoisotopic (exact) mass is 411 g/mol. The number of alkyl halides is 3. The Morgan fingerprint density at radius 1 is 1.21 bits per heavy atom. The van der Waals surface area contributed by atoms with E-state index in [0.29, 0.717) is 12.8 Å². The molecule has 1 N–H and O–H groups in total. The average molecular weight is 411 g/mol. The van der Waals surface area contributed by atoms with Crippen molar-refractivity contribution >= 4 is 5.91 Å². The fourth-order valence-corrected chi connectivity index (χ4v) is 5.16. The first-order valence-electron chi connectivity index (χ1n) is 10.3. The van der Waals surface area contributed by atoms with Crippen molar-refractivity contribution in [3.8, 4) is 5.75 Å². The van der Waals surface area contributed by atoms with Gasteiger partial charge in [-0.1, -0.05) is 6.07 Å². The van der Waals surface area contributed by atoms with Gasteiger partial charge in [0.1, 0.15) is 5.75 Å². The summed E-state index contributed by atoms with van der Waals surface area (Å²) in [5.74, 6) is 0.373. The Balaban J connectivity index is 1.27. The first kappa shape index (κ1) is 20.5. The van der Waals surface area contributed by atoms with E-state index in [-0.39, 0.29) is 34.7 Å². The van der Waals surface area contributed by atoms with Crippen molar-refractivity contribution < 1.29 is 27.8 Å². The van der Waals surface area contributed by atoms with Gasteiger partial charge in [0.25, 0.3) is 0 Å². The molecule has 0 aromatic heterocycles. The maximum Gasteiger partial charge on any atom is 0.416 e. The van der Waals surface area contributed by atoms with Gasteiger partial charge < -0.3 is 14.7 Å². The molecule has 2 saturated carbocycles. The molecule has 29 heavy (non-hydrogen) atoms. The normalized spacial score (nSPS) is 29.3. The second kappa shape index (κ2) is 6.89. The maximum absolute atomic E-state index is 13.1. The first-order valence-corrected chi connectivity index (χ1v) is 10.3. The van der Waals surface area contributed by atoms with Crippen molar-refractivity contribution in [2.75, 3.05) is 13.1 Å². The van der Waals surface area contributed by atoms with Gasteiger partial charge in [0.15, 0.2) is 0 Å². The number of nitrogens with zero attached hydrogens (tertiary/aromatic N) is 1. The Labute approximate surface area is 169 Å². The Kier molecular flexibility index (Phi) is 4.88. The van der Waals surface area contributed by atoms with Crippen LogP contribution < -0.4 is 4.74 Å². The quantitative estimate of drug-likeness (QED) is 0.806. The molecule has 0 unspecified atom stereocenters. The third kappa shape index (κ3) is 4.11. The second-order valence-electron chi connectivity index (χ2n) is 9.59. The van der Waals surface area contributed by atoms with E-state index in [1.807, 2.05) is 4.90 Å². The van der Waals surface area contributed by atoms with E-state index in [4.69, 9.17) is 4.74 Å². The summed E-state index contributed by atoms with van der Waals surface area (Å²) >= 11 is 0. The zero-order valence-corrected chi connectivity index (χ0v) is 16.9. The Bertz CT molecular complexity index is 781. The molecule has 0 bridgehead atoms. The third-order valence-electron chi connectivity index (χ3n) is 6.90. The largest absolute Gasteiger partial charge is 0.490 e. The minimum Gasteiger partial charge on any atom is -0.490 e. The van der Waals surface area contributed by atoms with Gasteiger partial charge in [0, 0.05) is 24.4 Å². The number of aryl methyl sites for hydroxylation is 1. The fourth-order valence-electron chi connectivity index (χ4n) is 5.16. The molecule has 3 aliphatic rings. The van der Waals surface area contributed by atoms with E-state index < -0.39 is 17.3 Å². The lowest BCUT2D eigenvalue weighted by Gasteiger charge is -2.55. The summed E-state index contributed by atoms with van der Waals surface area (Å²) in [6, 6.07) is 4.15. The van der Waals surface area contributed by atoms with Gasteiger partial charge in [-0.2, -0.15) is 13.2 Å². The number of carbonyl (C=O) groups is 1. The highest BCUT2D eigenvalue weighted by Gasteiger charge is 2.51. The van der Waals surface area contributed by atoms with Crippen LogP contribution >= 0.6 is 0 Å². The van der Waals surface area contributed by atoms with Crippen LogP contribution in [0.1, 0.15) is 56.6 Å². The number of halogens is 3. The summed E-state index contributed by atoms with van der Waals surface area (Å²) < 4.78 is 45.1. The Morgan fingerprint density at radius 2 is 1.83 bits per heavy atom. The van der Waals surface area contributed by atoms with Crippen molar-refractivity contribution in [3.63, 3.8) is 0 Å². The molecule has 4 rings (SSSR count). The molecular weight excluding hydrogens is 383 g/mol. The lowest BCUT2D eigenvalue weighted by atomic mass is 9.66. The van der Waals surface area contributed by atoms with Crippen LogP contribution in [0.5, 0.6) is 5.75 Å². The smallest absolute Gasteiger partial charge is 0.416 e. The van der Waals surface area contributed by atoms with E-state index in [1.165, 1.54) is 13.0 Å². The molecule has 1 aromatic carbocycles. The average Bonchev–Trinajstić information content (AvgIpc) is 2.58. The number of hydrogen-bond acceptors (Lipinski definition) is 3. The SMILES string of the molecule is Cc1ccc(OC2CCC3(CC2)CN(C(=O)C2CC(C)(O)C2)C3)cc1C(F)(F)F. The lowest BCUT2D eigenvalue weighted by Crippen LogP contribution is -2.63. The van der Waals surface area contributed by atoms with Crippen molar-refractivity contribution in [2.45, 2.75) is 70.3 Å². The summed E-state index contributed by atoms with van der Waals surface area (Å²) in [5, 5.41) is 9.83. The molecule has 1 heterocycles. The molecule has 7 heteroatoms. The van der Waals surface area contributed by atoms with Crippen molar-refractivity contribution in [1.82, 2.24) is 4.90 Å². The molecule has 1 saturated heterocycles. The zero-order chi connectivity index (χ0) is 21.0. The predicted molar refractivity (Wildman–Crippen MR) is 101 cm³/mol. The lowest BCUT2D eigenvalue weighted by molar-refractivity contribution is -0.164. The summed E-state index contributed by atoms with van der Waals surface area (Å²) in [4.78, 5) is 14.4. The van der Waals surface area contributed by atoms with E-state index in [0.717, 1.165) is 44.8 Å². The topological polar surface area (TPSA) is 49.8 Å². The van der Waals surface area contributed by atoms with E-state index in [2.05, 4.69) is 0 Å². The van der Waals surface area contributed by atoms with E-state index in [9.17, 15) is 23.1 Å². The number of likely N-dealkylation sites (tertiary alicyclic amines) is 1. The molecule has 4 nitrogen and oxygen atoms in total. The van der Waals surface area contributed by atoms with Crippen LogP contribution in [0.2, 0.25) is 0 Å². The number of hydrogen-bond donors (Lipinski definition) is 1. The third-order valence-corrected chi connectivity index (χ3v) is 6.90. The number of amides is 1. The van der Waals surface area contributed by atoms with Crippen LogP contribution in [0, 0.1) is 18.3 Å². The Hall–Kier alpha value is -1.76. The minimum atomic E-state index is -4.38. The summed E-state index contributed by atoms with van der Waals surface area (Å²) in [5.41, 5.74) is -1.02. The maximum atomic E-state index is 13.1. The molecule has 0 atom stereocenters. The van der Waals surface area contributed by atoms with Crippen molar-refractivity contribution in [2.24, 2.45) is 11.3 Å². The number of benzene rings is 1. The van der Waals surface area contributed by atoms with E-state index >= 15 is 0 Å². The van der Waals surface area contributed by atoms with E-state index in [1.54, 1.807) is 13.0 Å². The number of carbonyl (C=O) groups excluding carboxylic acids is 1. The van der Waals surface area contributed by atoms with Gasteiger partial charge in [0.2, 0.25) is 5.91 Å². The van der Waals surface area contributed by atoms with Gasteiger partial charge >= 0.3 is 6.18 Å². The summed E-state index contributed by atoms with van der Waals surface area (Å²) in [7, 11) is 0. The number of ether oxygens (including phenoxy) is 1. The molecule has 2 aliphatic carbocycles. The van der Waals surface area contributed by atoms with Crippen LogP contribution in [0.25, 0.3) is 0 Å². The molecule has 1 spiro atoms. The number of rotatable bonds is 3. The van der Waals surface area contributed by atoms with Crippen LogP contribution in [-0.2, 0) is 11.0 Å². The fraction of sp³-hybridized carbons (Fsp3) is 0.682. The highest BCUT2D eigenvalue weighted by atomic mass is 19.4. The molecule has 0 radical (unpaired) electrons. The molecule has 160 valence electrons.